The molecule has 0 fully saturated rings. The van der Waals surface area contributed by atoms with E-state index < -0.39 is 5.76 Å². The minimum Gasteiger partial charge on any atom is -0.408 e. The molecule has 0 unspecified atom stereocenters. The first-order valence-electron chi connectivity index (χ1n) is 7.36. The van der Waals surface area contributed by atoms with Crippen molar-refractivity contribution in [2.45, 2.75) is 12.8 Å². The first-order valence-corrected chi connectivity index (χ1v) is 8.24. The Bertz CT molecular complexity index is 911. The molecule has 0 saturated carbocycles. The van der Waals surface area contributed by atoms with Crippen LogP contribution in [-0.2, 0) is 4.79 Å². The van der Waals surface area contributed by atoms with Crippen LogP contribution in [-0.4, -0.2) is 23.3 Å². The summed E-state index contributed by atoms with van der Waals surface area (Å²) in [7, 11) is 0. The lowest BCUT2D eigenvalue weighted by molar-refractivity contribution is -0.116. The molecule has 1 aromatic carbocycles. The highest BCUT2D eigenvalue weighted by Crippen LogP contribution is 2.16. The largest absolute Gasteiger partial charge is 0.417 e. The second kappa shape index (κ2) is 7.14. The van der Waals surface area contributed by atoms with Gasteiger partial charge in [0.25, 0.3) is 5.91 Å². The van der Waals surface area contributed by atoms with Crippen molar-refractivity contribution in [1.82, 2.24) is 10.3 Å². The second-order valence-corrected chi connectivity index (χ2v) is 6.06. The van der Waals surface area contributed by atoms with Crippen molar-refractivity contribution in [1.29, 1.82) is 0 Å². The molecule has 0 aliphatic rings. The number of hydrogen-bond donors (Lipinski definition) is 3. The van der Waals surface area contributed by atoms with Gasteiger partial charge in [0.2, 0.25) is 5.91 Å². The van der Waals surface area contributed by atoms with Crippen LogP contribution in [0.15, 0.2) is 44.9 Å². The van der Waals surface area contributed by atoms with Gasteiger partial charge in [0.1, 0.15) is 0 Å². The van der Waals surface area contributed by atoms with Gasteiger partial charge < -0.3 is 15.1 Å². The number of rotatable bonds is 6. The normalized spacial score (nSPS) is 10.7. The van der Waals surface area contributed by atoms with Crippen LogP contribution in [0.3, 0.4) is 0 Å². The average molecular weight is 345 g/mol. The standard InChI is InChI=1S/C16H15N3O4S/c20-14(4-1-7-17-15(21)13-3-2-8-24-13)18-10-5-6-12-11(9-10)19-16(22)23-12/h2-3,5-6,8-9H,1,4,7H2,(H,17,21)(H,18,20)(H,19,22). The minimum atomic E-state index is -0.532. The monoisotopic (exact) mass is 345 g/mol. The number of thiophene rings is 1. The molecule has 8 heteroatoms. The number of oxazole rings is 1. The van der Waals surface area contributed by atoms with Crippen LogP contribution < -0.4 is 16.4 Å². The van der Waals surface area contributed by atoms with Crippen molar-refractivity contribution in [3.8, 4) is 0 Å². The zero-order chi connectivity index (χ0) is 16.9. The molecule has 3 rings (SSSR count). The molecule has 24 heavy (non-hydrogen) atoms. The lowest BCUT2D eigenvalue weighted by Gasteiger charge is -2.06. The van der Waals surface area contributed by atoms with E-state index in [1.807, 2.05) is 11.4 Å². The number of amides is 2. The summed E-state index contributed by atoms with van der Waals surface area (Å²) in [5.41, 5.74) is 1.54. The predicted molar refractivity (Wildman–Crippen MR) is 91.4 cm³/mol. The number of aromatic amines is 1. The van der Waals surface area contributed by atoms with E-state index in [2.05, 4.69) is 15.6 Å². The van der Waals surface area contributed by atoms with Gasteiger partial charge in [-0.25, -0.2) is 4.79 Å². The van der Waals surface area contributed by atoms with E-state index in [0.717, 1.165) is 0 Å². The van der Waals surface area contributed by atoms with Crippen LogP contribution in [0.5, 0.6) is 0 Å². The Morgan fingerprint density at radius 1 is 1.25 bits per heavy atom. The van der Waals surface area contributed by atoms with Crippen LogP contribution in [0.4, 0.5) is 5.69 Å². The molecular weight excluding hydrogens is 330 g/mol. The van der Waals surface area contributed by atoms with E-state index in [4.69, 9.17) is 4.42 Å². The number of fused-ring (bicyclic) bond motifs is 1. The number of carbonyl (C=O) groups is 2. The van der Waals surface area contributed by atoms with Crippen LogP contribution >= 0.6 is 11.3 Å². The summed E-state index contributed by atoms with van der Waals surface area (Å²) in [5.74, 6) is -0.819. The molecule has 2 heterocycles. The molecule has 7 nitrogen and oxygen atoms in total. The van der Waals surface area contributed by atoms with Gasteiger partial charge in [-0.2, -0.15) is 0 Å². The van der Waals surface area contributed by atoms with E-state index >= 15 is 0 Å². The highest BCUT2D eigenvalue weighted by atomic mass is 32.1. The van der Waals surface area contributed by atoms with Gasteiger partial charge in [0.05, 0.1) is 10.4 Å². The summed E-state index contributed by atoms with van der Waals surface area (Å²) in [6.45, 7) is 0.429. The van der Waals surface area contributed by atoms with E-state index in [1.165, 1.54) is 11.3 Å². The summed E-state index contributed by atoms with van der Waals surface area (Å²) in [5, 5.41) is 7.36. The SMILES string of the molecule is O=C(CCCNC(=O)c1cccs1)Nc1ccc2oc(=O)[nH]c2c1. The minimum absolute atomic E-state index is 0.125. The molecule has 0 radical (unpaired) electrons. The molecule has 2 amide bonds. The summed E-state index contributed by atoms with van der Waals surface area (Å²) in [6, 6.07) is 8.48. The zero-order valence-corrected chi connectivity index (χ0v) is 13.4. The quantitative estimate of drug-likeness (QED) is 0.596. The van der Waals surface area contributed by atoms with Gasteiger partial charge in [0.15, 0.2) is 5.58 Å². The van der Waals surface area contributed by atoms with Crippen LogP contribution in [0.2, 0.25) is 0 Å². The topological polar surface area (TPSA) is 104 Å². The number of hydrogen-bond acceptors (Lipinski definition) is 5. The first-order chi connectivity index (χ1) is 11.6. The average Bonchev–Trinajstić information content (AvgIpc) is 3.19. The molecule has 0 atom stereocenters. The molecule has 0 spiro atoms. The van der Waals surface area contributed by atoms with Crippen LogP contribution in [0, 0.1) is 0 Å². The Balaban J connectivity index is 1.45. The Hall–Kier alpha value is -2.87. The van der Waals surface area contributed by atoms with Gasteiger partial charge in [-0.1, -0.05) is 6.07 Å². The van der Waals surface area contributed by atoms with Gasteiger partial charge in [-0.15, -0.1) is 11.3 Å². The molecular formula is C16H15N3O4S. The third kappa shape index (κ3) is 3.90. The number of H-pyrrole nitrogens is 1. The number of carbonyl (C=O) groups excluding carboxylic acids is 2. The molecule has 0 bridgehead atoms. The van der Waals surface area contributed by atoms with Crippen molar-refractivity contribution >= 4 is 39.9 Å². The van der Waals surface area contributed by atoms with Crippen molar-refractivity contribution in [2.24, 2.45) is 0 Å². The lowest BCUT2D eigenvalue weighted by atomic mass is 10.2. The van der Waals surface area contributed by atoms with Crippen molar-refractivity contribution in [3.63, 3.8) is 0 Å². The molecule has 0 aliphatic heterocycles. The van der Waals surface area contributed by atoms with Gasteiger partial charge in [-0.3, -0.25) is 14.6 Å². The Kier molecular flexibility index (Phi) is 4.76. The summed E-state index contributed by atoms with van der Waals surface area (Å²) in [4.78, 5) is 37.9. The smallest absolute Gasteiger partial charge is 0.408 e. The summed E-state index contributed by atoms with van der Waals surface area (Å²) >= 11 is 1.38. The summed E-state index contributed by atoms with van der Waals surface area (Å²) in [6.07, 6.45) is 0.818. The highest BCUT2D eigenvalue weighted by molar-refractivity contribution is 7.12. The number of anilines is 1. The third-order valence-corrected chi connectivity index (χ3v) is 4.18. The Morgan fingerprint density at radius 2 is 2.12 bits per heavy atom. The second-order valence-electron chi connectivity index (χ2n) is 5.11. The predicted octanol–water partition coefficient (Wildman–Crippen LogP) is 2.33. The molecule has 2 aromatic heterocycles. The highest BCUT2D eigenvalue weighted by Gasteiger charge is 2.08. The van der Waals surface area contributed by atoms with E-state index in [0.29, 0.717) is 34.6 Å². The molecule has 0 aliphatic carbocycles. The fraction of sp³-hybridized carbons (Fsp3) is 0.188. The van der Waals surface area contributed by atoms with E-state index in [1.54, 1.807) is 24.3 Å². The Morgan fingerprint density at radius 3 is 2.92 bits per heavy atom. The Labute approximate surface area is 140 Å². The molecule has 3 aromatic rings. The van der Waals surface area contributed by atoms with Crippen LogP contribution in [0.25, 0.3) is 11.1 Å². The third-order valence-electron chi connectivity index (χ3n) is 3.31. The molecule has 0 saturated heterocycles. The lowest BCUT2D eigenvalue weighted by Crippen LogP contribution is -2.24. The number of aromatic nitrogens is 1. The van der Waals surface area contributed by atoms with Gasteiger partial charge >= 0.3 is 5.76 Å². The van der Waals surface area contributed by atoms with Gasteiger partial charge in [0, 0.05) is 18.7 Å². The fourth-order valence-corrected chi connectivity index (χ4v) is 2.84. The maximum absolute atomic E-state index is 11.9. The van der Waals surface area contributed by atoms with Crippen molar-refractivity contribution in [3.05, 3.63) is 51.1 Å². The maximum Gasteiger partial charge on any atom is 0.417 e. The number of nitrogens with one attached hydrogen (secondary N) is 3. The maximum atomic E-state index is 11.9. The molecule has 3 N–H and O–H groups in total. The van der Waals surface area contributed by atoms with E-state index in [-0.39, 0.29) is 18.2 Å². The fourth-order valence-electron chi connectivity index (χ4n) is 2.20. The number of benzene rings is 1. The molecule has 124 valence electrons. The van der Waals surface area contributed by atoms with Crippen molar-refractivity contribution in [2.75, 3.05) is 11.9 Å². The first kappa shape index (κ1) is 16.0. The van der Waals surface area contributed by atoms with E-state index in [9.17, 15) is 14.4 Å². The van der Waals surface area contributed by atoms with Crippen LogP contribution in [0.1, 0.15) is 22.5 Å². The summed E-state index contributed by atoms with van der Waals surface area (Å²) < 4.78 is 4.90. The zero-order valence-electron chi connectivity index (χ0n) is 12.6. The van der Waals surface area contributed by atoms with Crippen molar-refractivity contribution < 1.29 is 14.0 Å². The van der Waals surface area contributed by atoms with Gasteiger partial charge in [-0.05, 0) is 36.1 Å².